The molecule has 1 aliphatic heterocycles. The Hall–Kier alpha value is -1.26. The maximum Gasteiger partial charge on any atom is 0.252 e. The highest BCUT2D eigenvalue weighted by molar-refractivity contribution is 6.34. The Bertz CT molecular complexity index is 464. The molecule has 1 aromatic carbocycles. The van der Waals surface area contributed by atoms with Gasteiger partial charge in [0.05, 0.1) is 16.3 Å². The van der Waals surface area contributed by atoms with Crippen molar-refractivity contribution in [2.24, 2.45) is 17.4 Å². The first-order valence-electron chi connectivity index (χ1n) is 6.09. The smallest absolute Gasteiger partial charge is 0.252 e. The lowest BCUT2D eigenvalue weighted by molar-refractivity contribution is 0.100. The third-order valence-electron chi connectivity index (χ3n) is 3.55. The first-order chi connectivity index (χ1) is 8.50. The Morgan fingerprint density at radius 2 is 2.22 bits per heavy atom. The van der Waals surface area contributed by atoms with Gasteiger partial charge in [-0.3, -0.25) is 4.79 Å². The average Bonchev–Trinajstić information content (AvgIpc) is 2.32. The van der Waals surface area contributed by atoms with Crippen LogP contribution in [-0.2, 0) is 0 Å². The zero-order valence-electron chi connectivity index (χ0n) is 10.4. The summed E-state index contributed by atoms with van der Waals surface area (Å²) in [6.07, 6.45) is 0.909. The molecular formula is C13H18ClN3O. The summed E-state index contributed by atoms with van der Waals surface area (Å²) in [5.74, 6) is -0.100. The van der Waals surface area contributed by atoms with Crippen molar-refractivity contribution >= 4 is 23.2 Å². The normalized spacial score (nSPS) is 24.1. The number of nitrogens with two attached hydrogens (primary N) is 2. The number of benzene rings is 1. The van der Waals surface area contributed by atoms with E-state index < -0.39 is 5.91 Å². The molecule has 18 heavy (non-hydrogen) atoms. The number of carbonyl (C=O) groups excluding carboxylic acids is 1. The molecule has 1 saturated heterocycles. The highest BCUT2D eigenvalue weighted by atomic mass is 35.5. The third kappa shape index (κ3) is 2.44. The fourth-order valence-electron chi connectivity index (χ4n) is 2.40. The number of piperidine rings is 1. The van der Waals surface area contributed by atoms with Crippen LogP contribution in [0.3, 0.4) is 0 Å². The lowest BCUT2D eigenvalue weighted by Crippen LogP contribution is -2.46. The summed E-state index contributed by atoms with van der Waals surface area (Å²) in [7, 11) is 0. The Labute approximate surface area is 112 Å². The Morgan fingerprint density at radius 3 is 2.83 bits per heavy atom. The molecule has 0 aromatic heterocycles. The molecule has 1 aromatic rings. The Balaban J connectivity index is 2.34. The van der Waals surface area contributed by atoms with Crippen molar-refractivity contribution < 1.29 is 4.79 Å². The summed E-state index contributed by atoms with van der Waals surface area (Å²) >= 11 is 6.06. The van der Waals surface area contributed by atoms with Gasteiger partial charge in [0.25, 0.3) is 5.91 Å². The third-order valence-corrected chi connectivity index (χ3v) is 3.87. The number of nitrogens with zero attached hydrogens (tertiary/aromatic N) is 1. The van der Waals surface area contributed by atoms with Crippen molar-refractivity contribution in [2.75, 3.05) is 18.0 Å². The van der Waals surface area contributed by atoms with Gasteiger partial charge in [0.1, 0.15) is 0 Å². The number of amides is 1. The van der Waals surface area contributed by atoms with Crippen molar-refractivity contribution in [1.29, 1.82) is 0 Å². The lowest BCUT2D eigenvalue weighted by Gasteiger charge is -2.37. The highest BCUT2D eigenvalue weighted by Crippen LogP contribution is 2.30. The van der Waals surface area contributed by atoms with Crippen molar-refractivity contribution in [1.82, 2.24) is 0 Å². The summed E-state index contributed by atoms with van der Waals surface area (Å²) in [6.45, 7) is 3.76. The van der Waals surface area contributed by atoms with Gasteiger partial charge in [-0.2, -0.15) is 0 Å². The molecule has 0 radical (unpaired) electrons. The van der Waals surface area contributed by atoms with E-state index >= 15 is 0 Å². The molecule has 1 fully saturated rings. The second-order valence-corrected chi connectivity index (χ2v) is 5.28. The van der Waals surface area contributed by atoms with Crippen molar-refractivity contribution in [3.63, 3.8) is 0 Å². The maximum atomic E-state index is 11.5. The van der Waals surface area contributed by atoms with E-state index in [2.05, 4.69) is 11.8 Å². The molecule has 4 nitrogen and oxygen atoms in total. The molecule has 98 valence electrons. The zero-order chi connectivity index (χ0) is 13.3. The van der Waals surface area contributed by atoms with Gasteiger partial charge < -0.3 is 16.4 Å². The van der Waals surface area contributed by atoms with Gasteiger partial charge in [0, 0.05) is 19.1 Å². The van der Waals surface area contributed by atoms with E-state index in [0.29, 0.717) is 16.5 Å². The molecule has 0 bridgehead atoms. The van der Waals surface area contributed by atoms with Crippen molar-refractivity contribution in [2.45, 2.75) is 19.4 Å². The zero-order valence-corrected chi connectivity index (χ0v) is 11.2. The van der Waals surface area contributed by atoms with Gasteiger partial charge >= 0.3 is 0 Å². The van der Waals surface area contributed by atoms with Crippen LogP contribution in [0.15, 0.2) is 18.2 Å². The lowest BCUT2D eigenvalue weighted by atomic mass is 9.94. The van der Waals surface area contributed by atoms with Gasteiger partial charge in [-0.15, -0.1) is 0 Å². The number of halogens is 1. The molecule has 2 unspecified atom stereocenters. The second kappa shape index (κ2) is 5.16. The largest absolute Gasteiger partial charge is 0.370 e. The number of primary amides is 1. The molecule has 0 saturated carbocycles. The number of hydrogen-bond acceptors (Lipinski definition) is 3. The average molecular weight is 268 g/mol. The van der Waals surface area contributed by atoms with E-state index in [1.54, 1.807) is 6.07 Å². The minimum Gasteiger partial charge on any atom is -0.370 e. The maximum absolute atomic E-state index is 11.5. The number of carbonyl (C=O) groups is 1. The monoisotopic (exact) mass is 267 g/mol. The van der Waals surface area contributed by atoms with E-state index in [1.807, 2.05) is 12.1 Å². The van der Waals surface area contributed by atoms with Crippen LogP contribution in [0.25, 0.3) is 0 Å². The van der Waals surface area contributed by atoms with E-state index in [9.17, 15) is 4.79 Å². The number of anilines is 1. The predicted molar refractivity (Wildman–Crippen MR) is 73.9 cm³/mol. The molecule has 2 rings (SSSR count). The molecule has 1 aliphatic rings. The second-order valence-electron chi connectivity index (χ2n) is 4.87. The fourth-order valence-corrected chi connectivity index (χ4v) is 2.67. The molecule has 0 spiro atoms. The molecule has 2 atom stereocenters. The molecular weight excluding hydrogens is 250 g/mol. The summed E-state index contributed by atoms with van der Waals surface area (Å²) in [5, 5.41) is 0.405. The summed E-state index contributed by atoms with van der Waals surface area (Å²) < 4.78 is 0. The predicted octanol–water partition coefficient (Wildman–Crippen LogP) is 1.61. The van der Waals surface area contributed by atoms with Gasteiger partial charge in [-0.1, -0.05) is 24.6 Å². The summed E-state index contributed by atoms with van der Waals surface area (Å²) in [6, 6.07) is 5.63. The standard InChI is InChI=1S/C13H18ClN3O/c1-8-7-17(6-5-10(8)15)11-4-2-3-9(14)12(11)13(16)18/h2-4,8,10H,5-7,15H2,1H3,(H2,16,18). The highest BCUT2D eigenvalue weighted by Gasteiger charge is 2.26. The SMILES string of the molecule is CC1CN(c2cccc(Cl)c2C(N)=O)CCC1N. The number of hydrogen-bond donors (Lipinski definition) is 2. The van der Waals surface area contributed by atoms with Crippen LogP contribution in [-0.4, -0.2) is 25.0 Å². The van der Waals surface area contributed by atoms with Gasteiger partial charge in [0.2, 0.25) is 0 Å². The summed E-state index contributed by atoms with van der Waals surface area (Å²) in [4.78, 5) is 13.7. The van der Waals surface area contributed by atoms with Crippen LogP contribution in [0.5, 0.6) is 0 Å². The first kappa shape index (κ1) is 13.2. The molecule has 1 amide bonds. The van der Waals surface area contributed by atoms with Gasteiger partial charge in [-0.25, -0.2) is 0 Å². The van der Waals surface area contributed by atoms with Crippen LogP contribution in [0, 0.1) is 5.92 Å². The van der Waals surface area contributed by atoms with Crippen LogP contribution < -0.4 is 16.4 Å². The van der Waals surface area contributed by atoms with E-state index in [1.165, 1.54) is 0 Å². The van der Waals surface area contributed by atoms with E-state index in [4.69, 9.17) is 23.1 Å². The minimum absolute atomic E-state index is 0.220. The Kier molecular flexibility index (Phi) is 3.78. The van der Waals surface area contributed by atoms with Crippen molar-refractivity contribution in [3.05, 3.63) is 28.8 Å². The topological polar surface area (TPSA) is 72.3 Å². The van der Waals surface area contributed by atoms with Gasteiger partial charge in [-0.05, 0) is 24.5 Å². The van der Waals surface area contributed by atoms with Crippen LogP contribution in [0.1, 0.15) is 23.7 Å². The molecule has 1 heterocycles. The molecule has 0 aliphatic carbocycles. The van der Waals surface area contributed by atoms with Gasteiger partial charge in [0.15, 0.2) is 0 Å². The van der Waals surface area contributed by atoms with Crippen LogP contribution >= 0.6 is 11.6 Å². The fraction of sp³-hybridized carbons (Fsp3) is 0.462. The molecule has 5 heteroatoms. The quantitative estimate of drug-likeness (QED) is 0.855. The summed E-state index contributed by atoms with van der Waals surface area (Å²) in [5.41, 5.74) is 12.6. The van der Waals surface area contributed by atoms with Crippen LogP contribution in [0.4, 0.5) is 5.69 Å². The van der Waals surface area contributed by atoms with E-state index in [-0.39, 0.29) is 6.04 Å². The minimum atomic E-state index is -0.488. The number of rotatable bonds is 2. The van der Waals surface area contributed by atoms with Crippen LogP contribution in [0.2, 0.25) is 5.02 Å². The Morgan fingerprint density at radius 1 is 1.50 bits per heavy atom. The van der Waals surface area contributed by atoms with Crippen molar-refractivity contribution in [3.8, 4) is 0 Å². The van der Waals surface area contributed by atoms with E-state index in [0.717, 1.165) is 25.2 Å². The molecule has 4 N–H and O–H groups in total. The first-order valence-corrected chi connectivity index (χ1v) is 6.47.